The molecule has 0 saturated carbocycles. The van der Waals surface area contributed by atoms with Crippen LogP contribution >= 0.6 is 11.6 Å². The van der Waals surface area contributed by atoms with Crippen LogP contribution in [0.1, 0.15) is 23.1 Å². The second-order valence-corrected chi connectivity index (χ2v) is 5.95. The maximum absolute atomic E-state index is 11.9. The smallest absolute Gasteiger partial charge is 0.306 e. The normalized spacial score (nSPS) is 10.3. The summed E-state index contributed by atoms with van der Waals surface area (Å²) in [5.41, 5.74) is 3.70. The van der Waals surface area contributed by atoms with Crippen LogP contribution in [-0.2, 0) is 20.7 Å². The third-order valence-corrected chi connectivity index (χ3v) is 4.17. The van der Waals surface area contributed by atoms with Crippen LogP contribution in [0.5, 0.6) is 0 Å². The SMILES string of the molecule is Cc1cccc(NC(=O)COC(=O)CCc2ccccc2Cl)c1C. The molecule has 2 aromatic rings. The van der Waals surface area contributed by atoms with Gasteiger partial charge in [-0.05, 0) is 49.1 Å². The lowest BCUT2D eigenvalue weighted by molar-refractivity contribution is -0.147. The van der Waals surface area contributed by atoms with E-state index >= 15 is 0 Å². The van der Waals surface area contributed by atoms with E-state index in [1.165, 1.54) is 0 Å². The maximum atomic E-state index is 11.9. The number of anilines is 1. The van der Waals surface area contributed by atoms with Crippen molar-refractivity contribution >= 4 is 29.2 Å². The van der Waals surface area contributed by atoms with Gasteiger partial charge < -0.3 is 10.1 Å². The minimum atomic E-state index is -0.425. The van der Waals surface area contributed by atoms with Crippen LogP contribution in [0.3, 0.4) is 0 Å². The molecule has 0 aromatic heterocycles. The number of rotatable bonds is 6. The molecule has 1 amide bonds. The summed E-state index contributed by atoms with van der Waals surface area (Å²) in [6.07, 6.45) is 0.664. The molecule has 0 aliphatic carbocycles. The molecule has 126 valence electrons. The van der Waals surface area contributed by atoms with E-state index in [0.29, 0.717) is 11.4 Å². The van der Waals surface area contributed by atoms with Gasteiger partial charge in [-0.3, -0.25) is 9.59 Å². The van der Waals surface area contributed by atoms with Crippen LogP contribution in [-0.4, -0.2) is 18.5 Å². The molecule has 0 fully saturated rings. The first-order chi connectivity index (χ1) is 11.5. The van der Waals surface area contributed by atoms with Crippen molar-refractivity contribution in [1.29, 1.82) is 0 Å². The number of carbonyl (C=O) groups is 2. The number of hydrogen-bond donors (Lipinski definition) is 1. The fraction of sp³-hybridized carbons (Fsp3) is 0.263. The van der Waals surface area contributed by atoms with Crippen molar-refractivity contribution in [3.8, 4) is 0 Å². The zero-order valence-corrected chi connectivity index (χ0v) is 14.5. The maximum Gasteiger partial charge on any atom is 0.306 e. The van der Waals surface area contributed by atoms with E-state index in [1.54, 1.807) is 6.07 Å². The number of esters is 1. The van der Waals surface area contributed by atoms with Crippen LogP contribution < -0.4 is 5.32 Å². The number of hydrogen-bond acceptors (Lipinski definition) is 3. The highest BCUT2D eigenvalue weighted by molar-refractivity contribution is 6.31. The monoisotopic (exact) mass is 345 g/mol. The Bertz CT molecular complexity index is 743. The Morgan fingerprint density at radius 1 is 1.08 bits per heavy atom. The van der Waals surface area contributed by atoms with Crippen LogP contribution in [0.4, 0.5) is 5.69 Å². The molecule has 1 N–H and O–H groups in total. The van der Waals surface area contributed by atoms with Gasteiger partial charge in [0.15, 0.2) is 6.61 Å². The summed E-state index contributed by atoms with van der Waals surface area (Å²) < 4.78 is 5.01. The number of halogens is 1. The lowest BCUT2D eigenvalue weighted by Crippen LogP contribution is -2.21. The van der Waals surface area contributed by atoms with E-state index in [0.717, 1.165) is 22.4 Å². The van der Waals surface area contributed by atoms with E-state index < -0.39 is 5.97 Å². The first-order valence-corrected chi connectivity index (χ1v) is 8.10. The fourth-order valence-corrected chi connectivity index (χ4v) is 2.46. The molecule has 0 radical (unpaired) electrons. The fourth-order valence-electron chi connectivity index (χ4n) is 2.23. The van der Waals surface area contributed by atoms with Crippen molar-refractivity contribution in [3.63, 3.8) is 0 Å². The van der Waals surface area contributed by atoms with Gasteiger partial charge in [0.25, 0.3) is 5.91 Å². The standard InChI is InChI=1S/C19H20ClNO3/c1-13-6-5-9-17(14(13)2)21-18(22)12-24-19(23)11-10-15-7-3-4-8-16(15)20/h3-9H,10-12H2,1-2H3,(H,21,22). The lowest BCUT2D eigenvalue weighted by Gasteiger charge is -2.10. The molecule has 2 aromatic carbocycles. The summed E-state index contributed by atoms with van der Waals surface area (Å²) in [5.74, 6) is -0.777. The number of nitrogens with one attached hydrogen (secondary N) is 1. The van der Waals surface area contributed by atoms with E-state index in [2.05, 4.69) is 5.32 Å². The van der Waals surface area contributed by atoms with Gasteiger partial charge in [-0.2, -0.15) is 0 Å². The summed E-state index contributed by atoms with van der Waals surface area (Å²) in [5, 5.41) is 3.38. The molecule has 0 spiro atoms. The van der Waals surface area contributed by atoms with E-state index in [-0.39, 0.29) is 18.9 Å². The predicted molar refractivity (Wildman–Crippen MR) is 95.3 cm³/mol. The summed E-state index contributed by atoms with van der Waals surface area (Å²) in [7, 11) is 0. The summed E-state index contributed by atoms with van der Waals surface area (Å²) in [6.45, 7) is 3.61. The molecule has 4 nitrogen and oxygen atoms in total. The number of aryl methyl sites for hydroxylation is 2. The van der Waals surface area contributed by atoms with Gasteiger partial charge in [-0.25, -0.2) is 0 Å². The highest BCUT2D eigenvalue weighted by Crippen LogP contribution is 2.18. The second-order valence-electron chi connectivity index (χ2n) is 5.55. The minimum absolute atomic E-state index is 0.181. The second kappa shape index (κ2) is 8.50. The van der Waals surface area contributed by atoms with Crippen molar-refractivity contribution < 1.29 is 14.3 Å². The molecular formula is C19H20ClNO3. The predicted octanol–water partition coefficient (Wildman–Crippen LogP) is 4.07. The molecule has 0 aliphatic rings. The molecule has 0 heterocycles. The van der Waals surface area contributed by atoms with Gasteiger partial charge in [0.2, 0.25) is 0 Å². The van der Waals surface area contributed by atoms with Gasteiger partial charge in [0.05, 0.1) is 0 Å². The van der Waals surface area contributed by atoms with E-state index in [9.17, 15) is 9.59 Å². The van der Waals surface area contributed by atoms with Crippen molar-refractivity contribution in [1.82, 2.24) is 0 Å². The van der Waals surface area contributed by atoms with Gasteiger partial charge in [0, 0.05) is 17.1 Å². The number of amides is 1. The average molecular weight is 346 g/mol. The number of ether oxygens (including phenoxy) is 1. The third-order valence-electron chi connectivity index (χ3n) is 3.80. The van der Waals surface area contributed by atoms with Crippen LogP contribution in [0.2, 0.25) is 5.02 Å². The van der Waals surface area contributed by atoms with Gasteiger partial charge >= 0.3 is 5.97 Å². The highest BCUT2D eigenvalue weighted by Gasteiger charge is 2.10. The molecule has 0 atom stereocenters. The zero-order valence-electron chi connectivity index (χ0n) is 13.8. The molecule has 5 heteroatoms. The van der Waals surface area contributed by atoms with Crippen LogP contribution in [0, 0.1) is 13.8 Å². The topological polar surface area (TPSA) is 55.4 Å². The Morgan fingerprint density at radius 3 is 2.58 bits per heavy atom. The first-order valence-electron chi connectivity index (χ1n) is 7.72. The van der Waals surface area contributed by atoms with Crippen molar-refractivity contribution in [2.24, 2.45) is 0 Å². The quantitative estimate of drug-likeness (QED) is 0.803. The Morgan fingerprint density at radius 2 is 1.83 bits per heavy atom. The largest absolute Gasteiger partial charge is 0.456 e. The van der Waals surface area contributed by atoms with Crippen molar-refractivity contribution in [2.45, 2.75) is 26.7 Å². The zero-order chi connectivity index (χ0) is 17.5. The summed E-state index contributed by atoms with van der Waals surface area (Å²) >= 11 is 6.04. The Balaban J connectivity index is 1.78. The van der Waals surface area contributed by atoms with Gasteiger partial charge in [-0.1, -0.05) is 41.9 Å². The van der Waals surface area contributed by atoms with Gasteiger partial charge in [-0.15, -0.1) is 0 Å². The van der Waals surface area contributed by atoms with E-state index in [1.807, 2.05) is 50.2 Å². The lowest BCUT2D eigenvalue weighted by atomic mass is 10.1. The van der Waals surface area contributed by atoms with Gasteiger partial charge in [0.1, 0.15) is 0 Å². The molecular weight excluding hydrogens is 326 g/mol. The highest BCUT2D eigenvalue weighted by atomic mass is 35.5. The Labute approximate surface area is 146 Å². The number of benzene rings is 2. The third kappa shape index (κ3) is 5.10. The average Bonchev–Trinajstić information content (AvgIpc) is 2.56. The van der Waals surface area contributed by atoms with Crippen molar-refractivity contribution in [2.75, 3.05) is 11.9 Å². The Kier molecular flexibility index (Phi) is 6.38. The first kappa shape index (κ1) is 18.0. The summed E-state index contributed by atoms with van der Waals surface area (Å²) in [4.78, 5) is 23.7. The summed E-state index contributed by atoms with van der Waals surface area (Å²) in [6, 6.07) is 13.0. The molecule has 0 unspecified atom stereocenters. The molecule has 24 heavy (non-hydrogen) atoms. The van der Waals surface area contributed by atoms with Crippen molar-refractivity contribution in [3.05, 3.63) is 64.2 Å². The molecule has 0 bridgehead atoms. The van der Waals surface area contributed by atoms with Crippen LogP contribution in [0.15, 0.2) is 42.5 Å². The molecule has 0 saturated heterocycles. The number of carbonyl (C=O) groups excluding carboxylic acids is 2. The van der Waals surface area contributed by atoms with Crippen LogP contribution in [0.25, 0.3) is 0 Å². The molecule has 2 rings (SSSR count). The van der Waals surface area contributed by atoms with E-state index in [4.69, 9.17) is 16.3 Å². The Hall–Kier alpha value is -2.33. The minimum Gasteiger partial charge on any atom is -0.456 e. The molecule has 0 aliphatic heterocycles.